The molecule has 1 aliphatic heterocycles. The third-order valence-corrected chi connectivity index (χ3v) is 7.95. The number of nitrogens with zero attached hydrogens (tertiary/aromatic N) is 4. The zero-order chi connectivity index (χ0) is 19.8. The molecule has 0 atom stereocenters. The molecular weight excluding hydrogens is 420 g/mol. The van der Waals surface area contributed by atoms with Gasteiger partial charge in [-0.2, -0.15) is 0 Å². The van der Waals surface area contributed by atoms with Gasteiger partial charge in [0.2, 0.25) is 0 Å². The van der Waals surface area contributed by atoms with Crippen LogP contribution in [0.4, 0.5) is 10.3 Å². The van der Waals surface area contributed by atoms with Crippen LogP contribution >= 0.6 is 34.4 Å². The van der Waals surface area contributed by atoms with Gasteiger partial charge in [0.15, 0.2) is 10.3 Å². The maximum Gasteiger partial charge on any atom is 0.186 e. The highest BCUT2D eigenvalue weighted by Gasteiger charge is 2.22. The molecule has 8 heteroatoms. The van der Waals surface area contributed by atoms with Crippen molar-refractivity contribution in [2.24, 2.45) is 0 Å². The van der Waals surface area contributed by atoms with E-state index in [4.69, 9.17) is 14.7 Å². The number of fused-ring (bicyclic) bond motifs is 2. The highest BCUT2D eigenvalue weighted by atomic mass is 32.2. The van der Waals surface area contributed by atoms with Crippen molar-refractivity contribution in [3.05, 3.63) is 36.4 Å². The quantitative estimate of drug-likeness (QED) is 0.388. The summed E-state index contributed by atoms with van der Waals surface area (Å²) < 4.78 is 8.08. The van der Waals surface area contributed by atoms with Gasteiger partial charge in [0.25, 0.3) is 0 Å². The minimum absolute atomic E-state index is 0.684. The van der Waals surface area contributed by atoms with E-state index in [0.717, 1.165) is 53.2 Å². The van der Waals surface area contributed by atoms with E-state index in [9.17, 15) is 0 Å². The van der Waals surface area contributed by atoms with Crippen molar-refractivity contribution in [1.82, 2.24) is 9.97 Å². The number of thiazole rings is 2. The summed E-state index contributed by atoms with van der Waals surface area (Å²) in [5.41, 5.74) is 2.15. The van der Waals surface area contributed by atoms with Crippen molar-refractivity contribution in [2.45, 2.75) is 11.8 Å². The largest absolute Gasteiger partial charge is 0.494 e. The molecule has 5 rings (SSSR count). The topological polar surface area (TPSA) is 41.5 Å². The van der Waals surface area contributed by atoms with Crippen molar-refractivity contribution in [3.63, 3.8) is 0 Å². The standard InChI is InChI=1S/C21H22N4OS3/c1-3-26-14-4-6-16-18(12-14)28-20(22-16)24-8-10-25(11-9-24)21-23-17-7-5-15(27-2)13-19(17)29-21/h4-7,12-13H,3,8-11H2,1-2H3. The predicted octanol–water partition coefficient (Wildman–Crippen LogP) is 5.35. The average molecular weight is 443 g/mol. The fourth-order valence-electron chi connectivity index (χ4n) is 3.53. The molecule has 4 aromatic rings. The Hall–Kier alpha value is -2.03. The average Bonchev–Trinajstić information content (AvgIpc) is 3.37. The number of hydrogen-bond acceptors (Lipinski definition) is 8. The summed E-state index contributed by atoms with van der Waals surface area (Å²) in [6, 6.07) is 12.7. The van der Waals surface area contributed by atoms with E-state index >= 15 is 0 Å². The first-order valence-corrected chi connectivity index (χ1v) is 12.6. The molecular formula is C21H22N4OS3. The third-order valence-electron chi connectivity index (χ3n) is 5.06. The summed E-state index contributed by atoms with van der Waals surface area (Å²) in [4.78, 5) is 15.8. The minimum Gasteiger partial charge on any atom is -0.494 e. The number of rotatable bonds is 5. The van der Waals surface area contributed by atoms with Gasteiger partial charge in [-0.05, 0) is 49.6 Å². The summed E-state index contributed by atoms with van der Waals surface area (Å²) >= 11 is 5.32. The van der Waals surface area contributed by atoms with Crippen LogP contribution in [0.5, 0.6) is 5.75 Å². The lowest BCUT2D eigenvalue weighted by molar-refractivity contribution is 0.341. The molecule has 0 bridgehead atoms. The lowest BCUT2D eigenvalue weighted by atomic mass is 10.3. The molecule has 0 unspecified atom stereocenters. The van der Waals surface area contributed by atoms with E-state index in [1.165, 1.54) is 14.3 Å². The lowest BCUT2D eigenvalue weighted by Crippen LogP contribution is -2.46. The van der Waals surface area contributed by atoms with Gasteiger partial charge in [-0.3, -0.25) is 0 Å². The van der Waals surface area contributed by atoms with Crippen molar-refractivity contribution in [1.29, 1.82) is 0 Å². The van der Waals surface area contributed by atoms with E-state index in [-0.39, 0.29) is 0 Å². The highest BCUT2D eigenvalue weighted by Crippen LogP contribution is 2.34. The molecule has 0 radical (unpaired) electrons. The van der Waals surface area contributed by atoms with Gasteiger partial charge < -0.3 is 14.5 Å². The number of ether oxygens (including phenoxy) is 1. The van der Waals surface area contributed by atoms with Crippen molar-refractivity contribution < 1.29 is 4.74 Å². The SMILES string of the molecule is CCOc1ccc2nc(N3CCN(c4nc5ccc(SC)cc5s4)CC3)sc2c1. The van der Waals surface area contributed by atoms with Crippen LogP contribution in [0.15, 0.2) is 41.3 Å². The zero-order valence-corrected chi connectivity index (χ0v) is 18.9. The van der Waals surface area contributed by atoms with E-state index < -0.39 is 0 Å². The maximum atomic E-state index is 5.62. The number of hydrogen-bond donors (Lipinski definition) is 0. The molecule has 2 aromatic heterocycles. The van der Waals surface area contributed by atoms with Crippen LogP contribution in [-0.2, 0) is 0 Å². The Morgan fingerprint density at radius 3 is 2.07 bits per heavy atom. The van der Waals surface area contributed by atoms with Gasteiger partial charge in [0.05, 0.1) is 27.0 Å². The van der Waals surface area contributed by atoms with Crippen molar-refractivity contribution in [3.8, 4) is 5.75 Å². The van der Waals surface area contributed by atoms with E-state index in [0.29, 0.717) is 6.61 Å². The normalized spacial score (nSPS) is 14.8. The van der Waals surface area contributed by atoms with Crippen LogP contribution in [0, 0.1) is 0 Å². The summed E-state index contributed by atoms with van der Waals surface area (Å²) in [6.45, 7) is 6.55. The van der Waals surface area contributed by atoms with Crippen molar-refractivity contribution in [2.75, 3.05) is 48.8 Å². The monoisotopic (exact) mass is 442 g/mol. The predicted molar refractivity (Wildman–Crippen MR) is 127 cm³/mol. The van der Waals surface area contributed by atoms with Crippen LogP contribution in [0.3, 0.4) is 0 Å². The molecule has 1 saturated heterocycles. The van der Waals surface area contributed by atoms with E-state index in [1.807, 2.05) is 13.0 Å². The Labute approximate surface area is 182 Å². The first-order chi connectivity index (χ1) is 14.2. The Kier molecular flexibility index (Phi) is 5.24. The Balaban J connectivity index is 1.30. The van der Waals surface area contributed by atoms with Crippen LogP contribution < -0.4 is 14.5 Å². The summed E-state index contributed by atoms with van der Waals surface area (Å²) in [5.74, 6) is 0.917. The second kappa shape index (κ2) is 8.01. The highest BCUT2D eigenvalue weighted by molar-refractivity contribution is 7.98. The van der Waals surface area contributed by atoms with Crippen LogP contribution in [-0.4, -0.2) is 49.0 Å². The number of thioether (sulfide) groups is 1. The Bertz CT molecular complexity index is 1150. The van der Waals surface area contributed by atoms with Crippen LogP contribution in [0.25, 0.3) is 20.4 Å². The fraction of sp³-hybridized carbons (Fsp3) is 0.333. The van der Waals surface area contributed by atoms with E-state index in [2.05, 4.69) is 46.4 Å². The summed E-state index contributed by atoms with van der Waals surface area (Å²) in [7, 11) is 0. The lowest BCUT2D eigenvalue weighted by Gasteiger charge is -2.34. The first-order valence-electron chi connectivity index (χ1n) is 9.71. The molecule has 5 nitrogen and oxygen atoms in total. The maximum absolute atomic E-state index is 5.62. The first kappa shape index (κ1) is 19.0. The second-order valence-electron chi connectivity index (χ2n) is 6.86. The zero-order valence-electron chi connectivity index (χ0n) is 16.4. The molecule has 2 aromatic carbocycles. The number of piperazine rings is 1. The Morgan fingerprint density at radius 2 is 1.48 bits per heavy atom. The van der Waals surface area contributed by atoms with Gasteiger partial charge in [-0.1, -0.05) is 22.7 Å². The number of aromatic nitrogens is 2. The van der Waals surface area contributed by atoms with E-state index in [1.54, 1.807) is 34.4 Å². The molecule has 150 valence electrons. The third kappa shape index (κ3) is 3.76. The molecule has 0 aliphatic carbocycles. The van der Waals surface area contributed by atoms with Gasteiger partial charge in [0.1, 0.15) is 5.75 Å². The van der Waals surface area contributed by atoms with Crippen LogP contribution in [0.2, 0.25) is 0 Å². The molecule has 0 amide bonds. The number of anilines is 2. The van der Waals surface area contributed by atoms with Gasteiger partial charge in [-0.25, -0.2) is 9.97 Å². The van der Waals surface area contributed by atoms with Gasteiger partial charge in [0, 0.05) is 31.1 Å². The summed E-state index contributed by atoms with van der Waals surface area (Å²) in [6.07, 6.45) is 2.11. The molecule has 0 saturated carbocycles. The second-order valence-corrected chi connectivity index (χ2v) is 9.76. The Morgan fingerprint density at radius 1 is 0.897 bits per heavy atom. The van der Waals surface area contributed by atoms with Gasteiger partial charge in [-0.15, -0.1) is 11.8 Å². The molecule has 0 N–H and O–H groups in total. The number of benzene rings is 2. The van der Waals surface area contributed by atoms with Crippen molar-refractivity contribution >= 4 is 65.1 Å². The summed E-state index contributed by atoms with van der Waals surface area (Å²) in [5, 5.41) is 2.23. The molecule has 1 fully saturated rings. The molecule has 0 spiro atoms. The van der Waals surface area contributed by atoms with Crippen LogP contribution in [0.1, 0.15) is 6.92 Å². The molecule has 1 aliphatic rings. The van der Waals surface area contributed by atoms with Gasteiger partial charge >= 0.3 is 0 Å². The molecule has 29 heavy (non-hydrogen) atoms. The smallest absolute Gasteiger partial charge is 0.186 e. The molecule has 3 heterocycles. The minimum atomic E-state index is 0.684. The fourth-order valence-corrected chi connectivity index (χ4v) is 6.15.